The third-order valence-electron chi connectivity index (χ3n) is 4.73. The molecule has 6 nitrogen and oxygen atoms in total. The van der Waals surface area contributed by atoms with Gasteiger partial charge in [-0.2, -0.15) is 5.10 Å². The van der Waals surface area contributed by atoms with Crippen LogP contribution in [0.3, 0.4) is 0 Å². The predicted molar refractivity (Wildman–Crippen MR) is 111 cm³/mol. The minimum Gasteiger partial charge on any atom is -0.387 e. The molecule has 2 aromatic heterocycles. The van der Waals surface area contributed by atoms with Gasteiger partial charge in [-0.15, -0.1) is 11.3 Å². The smallest absolute Gasteiger partial charge is 0.287 e. The molecular weight excluding hydrogens is 415 g/mol. The fraction of sp³-hybridized carbons (Fsp3) is 0.250. The number of nitrogens with zero attached hydrogens (tertiary/aromatic N) is 3. The molecule has 9 heteroatoms. The van der Waals surface area contributed by atoms with Crippen LogP contribution in [0.1, 0.15) is 32.6 Å². The molecule has 1 aliphatic heterocycles. The third kappa shape index (κ3) is 4.02. The maximum absolute atomic E-state index is 13.4. The van der Waals surface area contributed by atoms with Crippen LogP contribution in [0.5, 0.6) is 0 Å². The number of hydrogen-bond donors (Lipinski definition) is 2. The van der Waals surface area contributed by atoms with Gasteiger partial charge in [0.1, 0.15) is 5.82 Å². The molecule has 0 bridgehead atoms. The SMILES string of the molecule is NC/C(Cc1cccc(F)c1)=N\C(=O)c1cc2c(s1)C(O)CCn1ncc(Cl)c1-2. The molecule has 1 unspecified atom stereocenters. The highest BCUT2D eigenvalue weighted by Crippen LogP contribution is 2.42. The number of aryl methyl sites for hydroxylation is 1. The van der Waals surface area contributed by atoms with Gasteiger partial charge in [0.05, 0.1) is 27.9 Å². The summed E-state index contributed by atoms with van der Waals surface area (Å²) >= 11 is 7.48. The number of halogens is 2. The predicted octanol–water partition coefficient (Wildman–Crippen LogP) is 3.62. The van der Waals surface area contributed by atoms with Crippen LogP contribution in [-0.4, -0.2) is 33.1 Å². The first kappa shape index (κ1) is 19.9. The number of nitrogens with two attached hydrogens (primary N) is 1. The number of rotatable bonds is 4. The van der Waals surface area contributed by atoms with Gasteiger partial charge in [0.2, 0.25) is 0 Å². The number of aliphatic hydroxyl groups is 1. The van der Waals surface area contributed by atoms with Crippen LogP contribution < -0.4 is 5.73 Å². The Morgan fingerprint density at radius 1 is 1.45 bits per heavy atom. The highest BCUT2D eigenvalue weighted by molar-refractivity contribution is 7.14. The maximum Gasteiger partial charge on any atom is 0.287 e. The van der Waals surface area contributed by atoms with E-state index in [-0.39, 0.29) is 18.8 Å². The van der Waals surface area contributed by atoms with Gasteiger partial charge < -0.3 is 10.8 Å². The molecule has 3 aromatic rings. The van der Waals surface area contributed by atoms with E-state index in [2.05, 4.69) is 10.1 Å². The summed E-state index contributed by atoms with van der Waals surface area (Å²) in [5, 5.41) is 15.2. The van der Waals surface area contributed by atoms with Crippen LogP contribution in [0.2, 0.25) is 5.02 Å². The summed E-state index contributed by atoms with van der Waals surface area (Å²) in [5.41, 5.74) is 8.28. The second kappa shape index (κ2) is 8.16. The second-order valence-electron chi connectivity index (χ2n) is 6.75. The Morgan fingerprint density at radius 2 is 2.28 bits per heavy atom. The average Bonchev–Trinajstić information content (AvgIpc) is 3.26. The quantitative estimate of drug-likeness (QED) is 0.615. The van der Waals surface area contributed by atoms with Crippen LogP contribution in [0.15, 0.2) is 41.5 Å². The number of carbonyl (C=O) groups is 1. The normalized spacial score (nSPS) is 16.3. The van der Waals surface area contributed by atoms with Gasteiger partial charge in [0.15, 0.2) is 0 Å². The van der Waals surface area contributed by atoms with Crippen molar-refractivity contribution in [3.05, 3.63) is 62.7 Å². The molecule has 3 N–H and O–H groups in total. The van der Waals surface area contributed by atoms with E-state index in [1.807, 2.05) is 0 Å². The van der Waals surface area contributed by atoms with E-state index in [1.165, 1.54) is 23.5 Å². The summed E-state index contributed by atoms with van der Waals surface area (Å²) in [7, 11) is 0. The Labute approximate surface area is 175 Å². The molecule has 3 heterocycles. The lowest BCUT2D eigenvalue weighted by molar-refractivity contribution is 0.101. The standard InChI is InChI=1S/C20H18ClFN4O2S/c21-15-10-24-26-5-4-16(27)19-14(18(15)26)8-17(29-19)20(28)25-13(9-23)7-11-2-1-3-12(22)6-11/h1-3,6,8,10,16,27H,4-5,7,9,23H2/b25-13-. The van der Waals surface area contributed by atoms with Crippen molar-refractivity contribution in [1.82, 2.24) is 9.78 Å². The number of amides is 1. The molecule has 1 aliphatic rings. The fourth-order valence-electron chi connectivity index (χ4n) is 3.36. The van der Waals surface area contributed by atoms with Gasteiger partial charge in [-0.25, -0.2) is 9.38 Å². The Bertz CT molecular complexity index is 1110. The average molecular weight is 433 g/mol. The molecule has 1 atom stereocenters. The number of carbonyl (C=O) groups excluding carboxylic acids is 1. The van der Waals surface area contributed by atoms with E-state index >= 15 is 0 Å². The van der Waals surface area contributed by atoms with Gasteiger partial charge in [0, 0.05) is 35.7 Å². The molecule has 1 aromatic carbocycles. The largest absolute Gasteiger partial charge is 0.387 e. The van der Waals surface area contributed by atoms with Gasteiger partial charge in [-0.05, 0) is 30.2 Å². The van der Waals surface area contributed by atoms with Crippen molar-refractivity contribution >= 4 is 34.6 Å². The summed E-state index contributed by atoms with van der Waals surface area (Å²) in [6.07, 6.45) is 1.61. The molecule has 0 saturated heterocycles. The van der Waals surface area contributed by atoms with E-state index in [9.17, 15) is 14.3 Å². The summed E-state index contributed by atoms with van der Waals surface area (Å²) in [6.45, 7) is 0.617. The van der Waals surface area contributed by atoms with E-state index in [1.54, 1.807) is 29.1 Å². The Balaban J connectivity index is 1.66. The lowest BCUT2D eigenvalue weighted by Crippen LogP contribution is -2.18. The third-order valence-corrected chi connectivity index (χ3v) is 6.23. The molecular formula is C20H18ClFN4O2S. The molecule has 0 spiro atoms. The first-order valence-corrected chi connectivity index (χ1v) is 10.2. The number of fused-ring (bicyclic) bond motifs is 3. The molecule has 29 heavy (non-hydrogen) atoms. The van der Waals surface area contributed by atoms with Crippen molar-refractivity contribution in [3.8, 4) is 11.3 Å². The van der Waals surface area contributed by atoms with Gasteiger partial charge in [0.25, 0.3) is 5.91 Å². The van der Waals surface area contributed by atoms with Crippen LogP contribution in [0, 0.1) is 5.82 Å². The van der Waals surface area contributed by atoms with E-state index in [0.29, 0.717) is 50.3 Å². The first-order valence-electron chi connectivity index (χ1n) is 9.05. The Hall–Kier alpha value is -2.39. The monoisotopic (exact) mass is 432 g/mol. The molecule has 0 radical (unpaired) electrons. The minimum absolute atomic E-state index is 0.0779. The van der Waals surface area contributed by atoms with Crippen molar-refractivity contribution < 1.29 is 14.3 Å². The first-order chi connectivity index (χ1) is 14.0. The van der Waals surface area contributed by atoms with Crippen molar-refractivity contribution in [3.63, 3.8) is 0 Å². The zero-order valence-electron chi connectivity index (χ0n) is 15.3. The topological polar surface area (TPSA) is 93.5 Å². The maximum atomic E-state index is 13.4. The highest BCUT2D eigenvalue weighted by atomic mass is 35.5. The molecule has 0 aliphatic carbocycles. The number of thiophene rings is 1. The molecule has 0 saturated carbocycles. The number of aliphatic imine (C=N–C) groups is 1. The number of hydrogen-bond acceptors (Lipinski definition) is 5. The lowest BCUT2D eigenvalue weighted by Gasteiger charge is -2.05. The zero-order valence-corrected chi connectivity index (χ0v) is 16.9. The van der Waals surface area contributed by atoms with Crippen LogP contribution in [0.4, 0.5) is 4.39 Å². The van der Waals surface area contributed by atoms with Gasteiger partial charge >= 0.3 is 0 Å². The zero-order chi connectivity index (χ0) is 20.5. The van der Waals surface area contributed by atoms with Crippen molar-refractivity contribution in [2.75, 3.05) is 6.54 Å². The van der Waals surface area contributed by atoms with Crippen LogP contribution in [0.25, 0.3) is 11.3 Å². The minimum atomic E-state index is -0.709. The van der Waals surface area contributed by atoms with Crippen LogP contribution >= 0.6 is 22.9 Å². The van der Waals surface area contributed by atoms with Crippen LogP contribution in [-0.2, 0) is 13.0 Å². The fourth-order valence-corrected chi connectivity index (χ4v) is 4.67. The van der Waals surface area contributed by atoms with Gasteiger partial charge in [-0.1, -0.05) is 23.7 Å². The van der Waals surface area contributed by atoms with Crippen molar-refractivity contribution in [2.45, 2.75) is 25.5 Å². The second-order valence-corrected chi connectivity index (χ2v) is 8.24. The summed E-state index contributed by atoms with van der Waals surface area (Å²) in [4.78, 5) is 18.0. The summed E-state index contributed by atoms with van der Waals surface area (Å²) < 4.78 is 15.1. The van der Waals surface area contributed by atoms with E-state index in [0.717, 1.165) is 0 Å². The number of benzene rings is 1. The van der Waals surface area contributed by atoms with Crippen molar-refractivity contribution in [2.24, 2.45) is 10.7 Å². The van der Waals surface area contributed by atoms with E-state index < -0.39 is 12.0 Å². The summed E-state index contributed by atoms with van der Waals surface area (Å²) in [6, 6.07) is 7.79. The van der Waals surface area contributed by atoms with Crippen molar-refractivity contribution in [1.29, 1.82) is 0 Å². The summed E-state index contributed by atoms with van der Waals surface area (Å²) in [5.74, 6) is -0.802. The Morgan fingerprint density at radius 3 is 3.03 bits per heavy atom. The molecule has 4 rings (SSSR count). The highest BCUT2D eigenvalue weighted by Gasteiger charge is 2.27. The lowest BCUT2D eigenvalue weighted by atomic mass is 10.1. The number of aliphatic hydroxyl groups excluding tert-OH is 1. The number of aromatic nitrogens is 2. The Kier molecular flexibility index (Phi) is 5.60. The van der Waals surface area contributed by atoms with E-state index in [4.69, 9.17) is 17.3 Å². The molecule has 0 fully saturated rings. The van der Waals surface area contributed by atoms with Gasteiger partial charge in [-0.3, -0.25) is 9.48 Å². The molecule has 150 valence electrons. The molecule has 1 amide bonds.